The van der Waals surface area contributed by atoms with Gasteiger partial charge in [0, 0.05) is 4.90 Å². The molecule has 0 aliphatic rings. The maximum atomic E-state index is 4.50. The van der Waals surface area contributed by atoms with Gasteiger partial charge in [-0.15, -0.1) is 12.6 Å². The molecule has 68 valence electrons. The van der Waals surface area contributed by atoms with Crippen molar-refractivity contribution in [2.24, 2.45) is 5.73 Å². The van der Waals surface area contributed by atoms with E-state index in [-0.39, 0.29) is 0 Å². The molecule has 0 unspecified atom stereocenters. The van der Waals surface area contributed by atoms with Gasteiger partial charge in [-0.05, 0) is 38.9 Å². The molecule has 0 aliphatic heterocycles. The number of rotatable bonds is 0. The Balaban J connectivity index is 0.000000561. The third kappa shape index (κ3) is 2.88. The van der Waals surface area contributed by atoms with Crippen molar-refractivity contribution in [2.45, 2.75) is 25.7 Å². The summed E-state index contributed by atoms with van der Waals surface area (Å²) >= 11 is 4.36. The van der Waals surface area contributed by atoms with Crippen LogP contribution >= 0.6 is 12.6 Å². The number of nitrogens with two attached hydrogens (primary N) is 1. The molecule has 0 aromatic heterocycles. The number of aryl methyl sites for hydroxylation is 3. The van der Waals surface area contributed by atoms with Crippen molar-refractivity contribution < 1.29 is 0 Å². The molecule has 0 radical (unpaired) electrons. The van der Waals surface area contributed by atoms with E-state index in [1.807, 2.05) is 0 Å². The first-order valence-corrected chi connectivity index (χ1v) is 4.40. The highest BCUT2D eigenvalue weighted by Crippen LogP contribution is 2.19. The van der Waals surface area contributed by atoms with Crippen molar-refractivity contribution in [3.8, 4) is 0 Å². The lowest BCUT2D eigenvalue weighted by molar-refractivity contribution is 1.20. The first-order valence-electron chi connectivity index (χ1n) is 3.96. The molecular weight excluding hydrogens is 166 g/mol. The molecule has 0 saturated heterocycles. The van der Waals surface area contributed by atoms with Crippen LogP contribution in [-0.4, -0.2) is 7.05 Å². The Bertz CT molecular complexity index is 233. The van der Waals surface area contributed by atoms with Gasteiger partial charge in [0.05, 0.1) is 0 Å². The predicted molar refractivity (Wildman–Crippen MR) is 58.0 cm³/mol. The lowest BCUT2D eigenvalue weighted by Gasteiger charge is -2.03. The Morgan fingerprint density at radius 1 is 1.00 bits per heavy atom. The van der Waals surface area contributed by atoms with E-state index in [0.717, 1.165) is 4.90 Å². The highest BCUT2D eigenvalue weighted by molar-refractivity contribution is 7.80. The maximum Gasteiger partial charge on any atom is 0.00987 e. The molecule has 0 spiro atoms. The summed E-state index contributed by atoms with van der Waals surface area (Å²) in [4.78, 5) is 1.12. The molecule has 0 fully saturated rings. The van der Waals surface area contributed by atoms with E-state index in [1.54, 1.807) is 0 Å². The van der Waals surface area contributed by atoms with Crippen LogP contribution in [0.25, 0.3) is 0 Å². The lowest BCUT2D eigenvalue weighted by atomic mass is 10.1. The van der Waals surface area contributed by atoms with E-state index < -0.39 is 0 Å². The largest absolute Gasteiger partial charge is 0.333 e. The fourth-order valence-electron chi connectivity index (χ4n) is 1.17. The zero-order valence-electron chi connectivity index (χ0n) is 8.18. The van der Waals surface area contributed by atoms with Crippen LogP contribution in [0, 0.1) is 20.8 Å². The fraction of sp³-hybridized carbons (Fsp3) is 0.400. The number of hydrogen-bond acceptors (Lipinski definition) is 2. The van der Waals surface area contributed by atoms with Crippen LogP contribution in [0.5, 0.6) is 0 Å². The van der Waals surface area contributed by atoms with Crippen molar-refractivity contribution in [3.63, 3.8) is 0 Å². The number of benzene rings is 1. The Labute approximate surface area is 80.4 Å². The Hall–Kier alpha value is -0.470. The topological polar surface area (TPSA) is 26.0 Å². The normalized spacial score (nSPS) is 8.83. The van der Waals surface area contributed by atoms with E-state index in [1.165, 1.54) is 23.7 Å². The first-order chi connectivity index (χ1) is 5.61. The van der Waals surface area contributed by atoms with Crippen LogP contribution in [0.15, 0.2) is 17.0 Å². The van der Waals surface area contributed by atoms with E-state index in [9.17, 15) is 0 Å². The van der Waals surface area contributed by atoms with Crippen LogP contribution in [0.4, 0.5) is 0 Å². The van der Waals surface area contributed by atoms with E-state index >= 15 is 0 Å². The maximum absolute atomic E-state index is 4.50. The van der Waals surface area contributed by atoms with Crippen molar-refractivity contribution in [1.82, 2.24) is 0 Å². The van der Waals surface area contributed by atoms with Gasteiger partial charge in [-0.2, -0.15) is 0 Å². The second-order valence-corrected chi connectivity index (χ2v) is 3.19. The van der Waals surface area contributed by atoms with Gasteiger partial charge in [-0.1, -0.05) is 17.7 Å². The Morgan fingerprint density at radius 2 is 1.33 bits per heavy atom. The molecule has 1 nitrogen and oxygen atoms in total. The van der Waals surface area contributed by atoms with Crippen molar-refractivity contribution in [1.29, 1.82) is 0 Å². The Kier molecular flexibility index (Phi) is 5.02. The summed E-state index contributed by atoms with van der Waals surface area (Å²) in [5.41, 5.74) is 8.34. The fourth-order valence-corrected chi connectivity index (χ4v) is 1.30. The van der Waals surface area contributed by atoms with Gasteiger partial charge in [0.1, 0.15) is 0 Å². The zero-order chi connectivity index (χ0) is 9.72. The molecule has 0 aliphatic carbocycles. The molecule has 0 atom stereocenters. The molecule has 0 bridgehead atoms. The van der Waals surface area contributed by atoms with E-state index in [0.29, 0.717) is 0 Å². The summed E-state index contributed by atoms with van der Waals surface area (Å²) in [5.74, 6) is 0. The molecule has 1 aromatic carbocycles. The molecule has 12 heavy (non-hydrogen) atoms. The first kappa shape index (κ1) is 11.5. The van der Waals surface area contributed by atoms with Crippen LogP contribution in [-0.2, 0) is 0 Å². The number of thiol groups is 1. The van der Waals surface area contributed by atoms with Gasteiger partial charge in [-0.3, -0.25) is 0 Å². The quantitative estimate of drug-likeness (QED) is 0.594. The minimum atomic E-state index is 1.12. The SMILES string of the molecule is CN.Cc1cc(C)c(S)c(C)c1. The van der Waals surface area contributed by atoms with E-state index in [4.69, 9.17) is 0 Å². The summed E-state index contributed by atoms with van der Waals surface area (Å²) in [7, 11) is 1.50. The second-order valence-electron chi connectivity index (χ2n) is 2.75. The minimum Gasteiger partial charge on any atom is -0.333 e. The molecule has 0 amide bonds. The van der Waals surface area contributed by atoms with Crippen molar-refractivity contribution in [3.05, 3.63) is 28.8 Å². The van der Waals surface area contributed by atoms with Gasteiger partial charge < -0.3 is 5.73 Å². The van der Waals surface area contributed by atoms with E-state index in [2.05, 4.69) is 51.3 Å². The van der Waals surface area contributed by atoms with Crippen LogP contribution in [0.2, 0.25) is 0 Å². The van der Waals surface area contributed by atoms with Gasteiger partial charge in [0.2, 0.25) is 0 Å². The Morgan fingerprint density at radius 3 is 1.67 bits per heavy atom. The average molecular weight is 183 g/mol. The third-order valence-electron chi connectivity index (χ3n) is 1.64. The highest BCUT2D eigenvalue weighted by atomic mass is 32.1. The number of hydrogen-bond donors (Lipinski definition) is 2. The molecule has 0 heterocycles. The summed E-state index contributed by atoms with van der Waals surface area (Å²) in [6.45, 7) is 6.28. The molecule has 2 heteroatoms. The van der Waals surface area contributed by atoms with Crippen LogP contribution in [0.1, 0.15) is 16.7 Å². The minimum absolute atomic E-state index is 1.12. The van der Waals surface area contributed by atoms with Gasteiger partial charge in [-0.25, -0.2) is 0 Å². The summed E-state index contributed by atoms with van der Waals surface area (Å²) < 4.78 is 0. The van der Waals surface area contributed by atoms with Gasteiger partial charge in [0.15, 0.2) is 0 Å². The summed E-state index contributed by atoms with van der Waals surface area (Å²) in [6, 6.07) is 4.30. The highest BCUT2D eigenvalue weighted by Gasteiger charge is 1.96. The smallest absolute Gasteiger partial charge is 0.00987 e. The van der Waals surface area contributed by atoms with Gasteiger partial charge >= 0.3 is 0 Å². The monoisotopic (exact) mass is 183 g/mol. The standard InChI is InChI=1S/C9H12S.CH5N/c1-6-4-7(2)9(10)8(3)5-6;1-2/h4-5,10H,1-3H3;2H2,1H3. The average Bonchev–Trinajstić information content (AvgIpc) is 2.04. The predicted octanol–water partition coefficient (Wildman–Crippen LogP) is 2.48. The zero-order valence-corrected chi connectivity index (χ0v) is 9.07. The molecule has 1 aromatic rings. The lowest BCUT2D eigenvalue weighted by Crippen LogP contribution is -1.83. The molecule has 1 rings (SSSR count). The van der Waals surface area contributed by atoms with Gasteiger partial charge in [0.25, 0.3) is 0 Å². The summed E-state index contributed by atoms with van der Waals surface area (Å²) in [5, 5.41) is 0. The van der Waals surface area contributed by atoms with Crippen LogP contribution < -0.4 is 5.73 Å². The molecule has 0 saturated carbocycles. The molecular formula is C10H17NS. The molecule has 2 N–H and O–H groups in total. The van der Waals surface area contributed by atoms with Crippen LogP contribution in [0.3, 0.4) is 0 Å². The third-order valence-corrected chi connectivity index (χ3v) is 2.34. The summed E-state index contributed by atoms with van der Waals surface area (Å²) in [6.07, 6.45) is 0. The second kappa shape index (κ2) is 5.22. The van der Waals surface area contributed by atoms with Crippen molar-refractivity contribution in [2.75, 3.05) is 7.05 Å². The van der Waals surface area contributed by atoms with Crippen molar-refractivity contribution >= 4 is 12.6 Å².